The Kier molecular flexibility index (Phi) is 9.92. The molecule has 0 saturated heterocycles. The molecule has 248 valence electrons. The summed E-state index contributed by atoms with van der Waals surface area (Å²) in [7, 11) is 0. The summed E-state index contributed by atoms with van der Waals surface area (Å²) >= 11 is 0. The van der Waals surface area contributed by atoms with E-state index in [4.69, 9.17) is 4.84 Å². The van der Waals surface area contributed by atoms with Crippen LogP contribution in [0.4, 0.5) is 5.69 Å². The minimum absolute atomic E-state index is 0.338. The first-order chi connectivity index (χ1) is 23.7. The van der Waals surface area contributed by atoms with Gasteiger partial charge in [0.15, 0.2) is 0 Å². The number of aromatic nitrogens is 1. The van der Waals surface area contributed by atoms with Crippen LogP contribution in [-0.2, 0) is 16.2 Å². The Bertz CT molecular complexity index is 1910. The molecule has 3 aromatic carbocycles. The zero-order valence-corrected chi connectivity index (χ0v) is 28.7. The number of allylic oxidation sites excluding steroid dienone is 5. The smallest absolute Gasteiger partial charge is 0.345 e. The van der Waals surface area contributed by atoms with Gasteiger partial charge in [-0.3, -0.25) is 0 Å². The van der Waals surface area contributed by atoms with E-state index in [0.29, 0.717) is 17.2 Å². The fourth-order valence-electron chi connectivity index (χ4n) is 7.99. The molecule has 1 unspecified atom stereocenters. The van der Waals surface area contributed by atoms with Crippen LogP contribution in [0.5, 0.6) is 0 Å². The minimum Gasteiger partial charge on any atom is -0.345 e. The van der Waals surface area contributed by atoms with Gasteiger partial charge in [0.25, 0.3) is 0 Å². The van der Waals surface area contributed by atoms with Gasteiger partial charge in [-0.05, 0) is 85.9 Å². The SMILES string of the molecule is CCCCCCN(C1=CC2=C/C(=C3\C(=O)ON=C3c3ccccc3)CCC2CC1)c1ccc2c(c1)c1ccccc1n2CCCCCC. The van der Waals surface area contributed by atoms with Gasteiger partial charge in [-0.25, -0.2) is 4.79 Å². The van der Waals surface area contributed by atoms with E-state index in [-0.39, 0.29) is 5.97 Å². The van der Waals surface area contributed by atoms with E-state index >= 15 is 0 Å². The van der Waals surface area contributed by atoms with Crippen molar-refractivity contribution in [3.63, 3.8) is 0 Å². The zero-order valence-electron chi connectivity index (χ0n) is 28.7. The van der Waals surface area contributed by atoms with Crippen molar-refractivity contribution in [3.05, 3.63) is 113 Å². The summed E-state index contributed by atoms with van der Waals surface area (Å²) in [6.45, 7) is 6.63. The predicted molar refractivity (Wildman–Crippen MR) is 199 cm³/mol. The molecule has 0 bridgehead atoms. The molecule has 5 heteroatoms. The Labute approximate surface area is 285 Å². The Morgan fingerprint density at radius 3 is 2.38 bits per heavy atom. The van der Waals surface area contributed by atoms with Crippen molar-refractivity contribution >= 4 is 39.2 Å². The maximum Gasteiger partial charge on any atom is 0.368 e. The van der Waals surface area contributed by atoms with Gasteiger partial charge in [0.2, 0.25) is 0 Å². The number of rotatable bonds is 13. The van der Waals surface area contributed by atoms with Crippen molar-refractivity contribution in [3.8, 4) is 0 Å². The number of carbonyl (C=O) groups is 1. The van der Waals surface area contributed by atoms with Gasteiger partial charge in [0.1, 0.15) is 5.71 Å². The van der Waals surface area contributed by atoms with Crippen molar-refractivity contribution in [1.29, 1.82) is 0 Å². The first kappa shape index (κ1) is 32.2. The third-order valence-corrected chi connectivity index (χ3v) is 10.6. The summed E-state index contributed by atoms with van der Waals surface area (Å²) in [5.74, 6) is 0.178. The van der Waals surface area contributed by atoms with E-state index in [1.807, 2.05) is 30.3 Å². The Balaban J connectivity index is 1.25. The van der Waals surface area contributed by atoms with E-state index in [0.717, 1.165) is 49.9 Å². The lowest BCUT2D eigenvalue weighted by Gasteiger charge is -2.35. The van der Waals surface area contributed by atoms with E-state index in [1.54, 1.807) is 0 Å². The van der Waals surface area contributed by atoms with Gasteiger partial charge < -0.3 is 14.3 Å². The number of aryl methyl sites for hydroxylation is 1. The number of oxime groups is 1. The molecule has 3 aliphatic rings. The number of hydrogen-bond acceptors (Lipinski definition) is 4. The maximum atomic E-state index is 13.0. The van der Waals surface area contributed by atoms with Crippen molar-refractivity contribution in [2.24, 2.45) is 11.1 Å². The molecule has 4 aromatic rings. The van der Waals surface area contributed by atoms with E-state index < -0.39 is 0 Å². The van der Waals surface area contributed by atoms with Crippen molar-refractivity contribution in [2.75, 3.05) is 11.4 Å². The van der Waals surface area contributed by atoms with Crippen LogP contribution in [0.25, 0.3) is 21.8 Å². The number of hydrogen-bond donors (Lipinski definition) is 0. The largest absolute Gasteiger partial charge is 0.368 e. The summed E-state index contributed by atoms with van der Waals surface area (Å²) in [5.41, 5.74) is 9.92. The van der Waals surface area contributed by atoms with Crippen LogP contribution in [0.3, 0.4) is 0 Å². The van der Waals surface area contributed by atoms with Crippen LogP contribution >= 0.6 is 0 Å². The number of nitrogens with zero attached hydrogens (tertiary/aromatic N) is 3. The Hall–Kier alpha value is -4.38. The molecule has 2 heterocycles. The third-order valence-electron chi connectivity index (χ3n) is 10.6. The van der Waals surface area contributed by atoms with Crippen LogP contribution in [0.1, 0.15) is 96.5 Å². The van der Waals surface area contributed by atoms with E-state index in [9.17, 15) is 4.79 Å². The second kappa shape index (κ2) is 14.8. The highest BCUT2D eigenvalue weighted by Crippen LogP contribution is 2.42. The normalized spacial score (nSPS) is 19.2. The number of unbranched alkanes of at least 4 members (excludes halogenated alkanes) is 6. The topological polar surface area (TPSA) is 46.8 Å². The number of anilines is 1. The number of benzene rings is 3. The highest BCUT2D eigenvalue weighted by molar-refractivity contribution is 6.29. The fraction of sp³-hybridized carbons (Fsp3) is 0.395. The van der Waals surface area contributed by atoms with Gasteiger partial charge in [0.05, 0.1) is 5.57 Å². The lowest BCUT2D eigenvalue weighted by Crippen LogP contribution is -2.27. The molecule has 7 rings (SSSR count). The standard InChI is InChI=1S/C43H49N3O2/c1-3-5-7-14-26-45(36-24-25-40-38(30-36)37-18-12-13-19-39(37)46(40)27-15-8-6-4-2)35-23-22-31-20-21-33(28-34(31)29-35)41-42(44-48-43(41)47)32-16-10-9-11-17-32/h9-13,16-19,24-25,28-31H,3-8,14-15,20-23,26-27H2,1-2H3/b41-33-. The van der Waals surface area contributed by atoms with Crippen molar-refractivity contribution in [2.45, 2.75) is 97.4 Å². The van der Waals surface area contributed by atoms with Crippen molar-refractivity contribution in [1.82, 2.24) is 4.57 Å². The summed E-state index contributed by atoms with van der Waals surface area (Å²) in [6.07, 6.45) is 18.8. The van der Waals surface area contributed by atoms with Crippen LogP contribution in [0.2, 0.25) is 0 Å². The maximum absolute atomic E-state index is 13.0. The molecule has 1 atom stereocenters. The van der Waals surface area contributed by atoms with Gasteiger partial charge in [-0.15, -0.1) is 0 Å². The Morgan fingerprint density at radius 2 is 1.54 bits per heavy atom. The number of para-hydroxylation sites is 1. The molecule has 0 radical (unpaired) electrons. The van der Waals surface area contributed by atoms with Crippen molar-refractivity contribution < 1.29 is 9.63 Å². The molecule has 0 saturated carbocycles. The summed E-state index contributed by atoms with van der Waals surface area (Å²) in [5, 5.41) is 6.90. The number of fused-ring (bicyclic) bond motifs is 4. The molecule has 0 spiro atoms. The van der Waals surface area contributed by atoms with Gasteiger partial charge >= 0.3 is 5.97 Å². The zero-order chi connectivity index (χ0) is 32.9. The quantitative estimate of drug-likeness (QED) is 0.0831. The van der Waals surface area contributed by atoms with Gasteiger partial charge in [-0.2, -0.15) is 0 Å². The molecule has 2 aliphatic carbocycles. The monoisotopic (exact) mass is 639 g/mol. The van der Waals surface area contributed by atoms with Crippen LogP contribution in [-0.4, -0.2) is 22.8 Å². The second-order valence-corrected chi connectivity index (χ2v) is 13.8. The highest BCUT2D eigenvalue weighted by atomic mass is 16.7. The average molecular weight is 640 g/mol. The van der Waals surface area contributed by atoms with Crippen LogP contribution in [0.15, 0.2) is 113 Å². The molecule has 0 amide bonds. The summed E-state index contributed by atoms with van der Waals surface area (Å²) in [6, 6.07) is 26.0. The third kappa shape index (κ3) is 6.52. The molecular formula is C43H49N3O2. The second-order valence-electron chi connectivity index (χ2n) is 13.8. The summed E-state index contributed by atoms with van der Waals surface area (Å²) < 4.78 is 2.54. The molecule has 1 aromatic heterocycles. The van der Waals surface area contributed by atoms with Gasteiger partial charge in [0, 0.05) is 51.8 Å². The lowest BCUT2D eigenvalue weighted by molar-refractivity contribution is -0.136. The van der Waals surface area contributed by atoms with Crippen LogP contribution in [0, 0.1) is 5.92 Å². The first-order valence-electron chi connectivity index (χ1n) is 18.4. The summed E-state index contributed by atoms with van der Waals surface area (Å²) in [4.78, 5) is 20.8. The minimum atomic E-state index is -0.338. The average Bonchev–Trinajstić information content (AvgIpc) is 3.67. The predicted octanol–water partition coefficient (Wildman–Crippen LogP) is 11.0. The molecule has 0 fully saturated rings. The molecular weight excluding hydrogens is 590 g/mol. The fourth-order valence-corrected chi connectivity index (χ4v) is 7.99. The molecule has 48 heavy (non-hydrogen) atoms. The molecule has 5 nitrogen and oxygen atoms in total. The van der Waals surface area contributed by atoms with E-state index in [1.165, 1.54) is 90.1 Å². The van der Waals surface area contributed by atoms with E-state index in [2.05, 4.69) is 83.1 Å². The highest BCUT2D eigenvalue weighted by Gasteiger charge is 2.33. The van der Waals surface area contributed by atoms with Crippen LogP contribution < -0.4 is 4.90 Å². The molecule has 1 aliphatic heterocycles. The molecule has 0 N–H and O–H groups in total. The lowest BCUT2D eigenvalue weighted by atomic mass is 9.77. The Morgan fingerprint density at radius 1 is 0.792 bits per heavy atom. The van der Waals surface area contributed by atoms with Gasteiger partial charge in [-0.1, -0.05) is 112 Å². The number of carbonyl (C=O) groups excluding carboxylic acids is 1. The first-order valence-corrected chi connectivity index (χ1v) is 18.4.